The van der Waals surface area contributed by atoms with Crippen LogP contribution >= 0.6 is 0 Å². The zero-order valence-corrected chi connectivity index (χ0v) is 14.3. The van der Waals surface area contributed by atoms with Gasteiger partial charge in [0.15, 0.2) is 0 Å². The summed E-state index contributed by atoms with van der Waals surface area (Å²) in [5.41, 5.74) is 2.73. The van der Waals surface area contributed by atoms with Crippen LogP contribution in [-0.2, 0) is 21.3 Å². The molecule has 0 saturated heterocycles. The highest BCUT2D eigenvalue weighted by molar-refractivity contribution is 7.89. The molecule has 1 aromatic rings. The van der Waals surface area contributed by atoms with Crippen LogP contribution in [0, 0.1) is 13.8 Å². The molecule has 21 heavy (non-hydrogen) atoms. The Labute approximate surface area is 128 Å². The summed E-state index contributed by atoms with van der Waals surface area (Å²) in [5.74, 6) is 0. The fourth-order valence-corrected chi connectivity index (χ4v) is 3.34. The number of methoxy groups -OCH3 is 1. The minimum Gasteiger partial charge on any atom is -0.383 e. The van der Waals surface area contributed by atoms with Gasteiger partial charge >= 0.3 is 0 Å². The van der Waals surface area contributed by atoms with Crippen molar-refractivity contribution >= 4 is 10.0 Å². The Balaban J connectivity index is 3.04. The molecule has 0 fully saturated rings. The lowest BCUT2D eigenvalue weighted by atomic mass is 10.1. The van der Waals surface area contributed by atoms with E-state index in [9.17, 15) is 8.42 Å². The van der Waals surface area contributed by atoms with E-state index in [0.29, 0.717) is 24.1 Å². The largest absolute Gasteiger partial charge is 0.383 e. The van der Waals surface area contributed by atoms with Crippen LogP contribution in [-0.4, -0.2) is 34.7 Å². The normalized spacial score (nSPS) is 12.1. The van der Waals surface area contributed by atoms with Crippen molar-refractivity contribution in [2.75, 3.05) is 20.3 Å². The third-order valence-electron chi connectivity index (χ3n) is 3.28. The molecular formula is C15H26N2O3S. The van der Waals surface area contributed by atoms with Crippen molar-refractivity contribution in [3.05, 3.63) is 28.8 Å². The fourth-order valence-electron chi connectivity index (χ4n) is 1.96. The Kier molecular flexibility index (Phi) is 6.80. The van der Waals surface area contributed by atoms with Crippen molar-refractivity contribution in [1.82, 2.24) is 10.0 Å². The predicted molar refractivity (Wildman–Crippen MR) is 85.0 cm³/mol. The summed E-state index contributed by atoms with van der Waals surface area (Å²) in [6, 6.07) is 4.12. The van der Waals surface area contributed by atoms with Crippen molar-refractivity contribution < 1.29 is 13.2 Å². The molecule has 0 aliphatic rings. The van der Waals surface area contributed by atoms with E-state index in [2.05, 4.69) is 23.9 Å². The number of nitrogens with one attached hydrogen (secondary N) is 2. The molecule has 5 nitrogen and oxygen atoms in total. The molecule has 0 atom stereocenters. The monoisotopic (exact) mass is 314 g/mol. The molecule has 0 radical (unpaired) electrons. The first kappa shape index (κ1) is 18.1. The van der Waals surface area contributed by atoms with Gasteiger partial charge in [0.2, 0.25) is 10.0 Å². The van der Waals surface area contributed by atoms with E-state index in [1.54, 1.807) is 13.2 Å². The third-order valence-corrected chi connectivity index (χ3v) is 4.87. The van der Waals surface area contributed by atoms with Crippen LogP contribution in [0.1, 0.15) is 30.5 Å². The van der Waals surface area contributed by atoms with Gasteiger partial charge in [0.05, 0.1) is 11.5 Å². The first-order valence-corrected chi connectivity index (χ1v) is 8.58. The molecule has 6 heteroatoms. The van der Waals surface area contributed by atoms with Gasteiger partial charge in [0, 0.05) is 26.2 Å². The highest BCUT2D eigenvalue weighted by Crippen LogP contribution is 2.21. The van der Waals surface area contributed by atoms with Crippen LogP contribution < -0.4 is 10.0 Å². The van der Waals surface area contributed by atoms with Crippen LogP contribution in [0.3, 0.4) is 0 Å². The van der Waals surface area contributed by atoms with Gasteiger partial charge < -0.3 is 10.1 Å². The maximum atomic E-state index is 12.4. The first-order chi connectivity index (χ1) is 9.77. The molecule has 0 aliphatic carbocycles. The maximum Gasteiger partial charge on any atom is 0.240 e. The van der Waals surface area contributed by atoms with Gasteiger partial charge in [-0.2, -0.15) is 0 Å². The Morgan fingerprint density at radius 3 is 2.48 bits per heavy atom. The van der Waals surface area contributed by atoms with Crippen LogP contribution in [0.4, 0.5) is 0 Å². The van der Waals surface area contributed by atoms with E-state index in [1.165, 1.54) is 0 Å². The van der Waals surface area contributed by atoms with E-state index >= 15 is 0 Å². The van der Waals surface area contributed by atoms with Crippen LogP contribution in [0.5, 0.6) is 0 Å². The minimum atomic E-state index is -3.50. The van der Waals surface area contributed by atoms with E-state index in [4.69, 9.17) is 4.74 Å². The van der Waals surface area contributed by atoms with Crippen LogP contribution in [0.2, 0.25) is 0 Å². The standard InChI is InChI=1S/C15H26N2O3S/c1-11(2)16-10-14-8-12(3)13(4)15(9-14)21(18,19)17-6-7-20-5/h8-9,11,16-17H,6-7,10H2,1-5H3. The number of benzene rings is 1. The van der Waals surface area contributed by atoms with E-state index in [-0.39, 0.29) is 6.54 Å². The van der Waals surface area contributed by atoms with Crippen molar-refractivity contribution in [1.29, 1.82) is 0 Å². The molecule has 120 valence electrons. The molecule has 0 unspecified atom stereocenters. The predicted octanol–water partition coefficient (Wildman–Crippen LogP) is 1.73. The molecule has 0 amide bonds. The van der Waals surface area contributed by atoms with Gasteiger partial charge in [-0.15, -0.1) is 0 Å². The lowest BCUT2D eigenvalue weighted by Gasteiger charge is -2.15. The van der Waals surface area contributed by atoms with Crippen molar-refractivity contribution in [2.24, 2.45) is 0 Å². The smallest absolute Gasteiger partial charge is 0.240 e. The first-order valence-electron chi connectivity index (χ1n) is 7.10. The van der Waals surface area contributed by atoms with E-state index in [1.807, 2.05) is 19.9 Å². The summed E-state index contributed by atoms with van der Waals surface area (Å²) >= 11 is 0. The lowest BCUT2D eigenvalue weighted by molar-refractivity contribution is 0.204. The molecule has 0 saturated carbocycles. The Morgan fingerprint density at radius 2 is 1.90 bits per heavy atom. The van der Waals surface area contributed by atoms with Gasteiger partial charge in [-0.05, 0) is 36.6 Å². The zero-order valence-electron chi connectivity index (χ0n) is 13.5. The average Bonchev–Trinajstić information content (AvgIpc) is 2.39. The minimum absolute atomic E-state index is 0.270. The molecule has 0 heterocycles. The zero-order chi connectivity index (χ0) is 16.0. The number of sulfonamides is 1. The molecular weight excluding hydrogens is 288 g/mol. The average molecular weight is 314 g/mol. The highest BCUT2D eigenvalue weighted by atomic mass is 32.2. The number of ether oxygens (including phenoxy) is 1. The fraction of sp³-hybridized carbons (Fsp3) is 0.600. The number of rotatable bonds is 8. The van der Waals surface area contributed by atoms with Crippen LogP contribution in [0.25, 0.3) is 0 Å². The molecule has 0 bridgehead atoms. The second kappa shape index (κ2) is 7.89. The van der Waals surface area contributed by atoms with Gasteiger partial charge in [0.25, 0.3) is 0 Å². The third kappa shape index (κ3) is 5.39. The Hall–Kier alpha value is -0.950. The lowest BCUT2D eigenvalue weighted by Crippen LogP contribution is -2.28. The number of hydrogen-bond acceptors (Lipinski definition) is 4. The molecule has 2 N–H and O–H groups in total. The van der Waals surface area contributed by atoms with E-state index in [0.717, 1.165) is 16.7 Å². The topological polar surface area (TPSA) is 67.4 Å². The van der Waals surface area contributed by atoms with Crippen molar-refractivity contribution in [3.8, 4) is 0 Å². The molecule has 0 aliphatic heterocycles. The van der Waals surface area contributed by atoms with E-state index < -0.39 is 10.0 Å². The summed E-state index contributed by atoms with van der Waals surface area (Å²) < 4.78 is 32.2. The molecule has 1 rings (SSSR count). The summed E-state index contributed by atoms with van der Waals surface area (Å²) in [6.45, 7) is 9.16. The number of hydrogen-bond donors (Lipinski definition) is 2. The Bertz CT molecular complexity index is 569. The SMILES string of the molecule is COCCNS(=O)(=O)c1cc(CNC(C)C)cc(C)c1C. The second-order valence-electron chi connectivity index (χ2n) is 5.46. The quantitative estimate of drug-likeness (QED) is 0.717. The Morgan fingerprint density at radius 1 is 1.24 bits per heavy atom. The van der Waals surface area contributed by atoms with Gasteiger partial charge in [-0.3, -0.25) is 0 Å². The molecule has 0 spiro atoms. The molecule has 1 aromatic carbocycles. The van der Waals surface area contributed by atoms with Gasteiger partial charge in [0.1, 0.15) is 0 Å². The maximum absolute atomic E-state index is 12.4. The van der Waals surface area contributed by atoms with Gasteiger partial charge in [-0.1, -0.05) is 19.9 Å². The second-order valence-corrected chi connectivity index (χ2v) is 7.20. The summed E-state index contributed by atoms with van der Waals surface area (Å²) in [5, 5.41) is 3.30. The number of aryl methyl sites for hydroxylation is 1. The van der Waals surface area contributed by atoms with Gasteiger partial charge in [-0.25, -0.2) is 13.1 Å². The molecule has 0 aromatic heterocycles. The van der Waals surface area contributed by atoms with Crippen LogP contribution in [0.15, 0.2) is 17.0 Å². The summed E-state index contributed by atoms with van der Waals surface area (Å²) in [4.78, 5) is 0.346. The van der Waals surface area contributed by atoms with Crippen molar-refractivity contribution in [3.63, 3.8) is 0 Å². The summed E-state index contributed by atoms with van der Waals surface area (Å²) in [7, 11) is -1.96. The highest BCUT2D eigenvalue weighted by Gasteiger charge is 2.18. The summed E-state index contributed by atoms with van der Waals surface area (Å²) in [6.07, 6.45) is 0. The van der Waals surface area contributed by atoms with Crippen molar-refractivity contribution in [2.45, 2.75) is 45.2 Å².